The van der Waals surface area contributed by atoms with E-state index in [1.54, 1.807) is 0 Å². The molecule has 0 aliphatic heterocycles. The molecule has 1 atom stereocenters. The second kappa shape index (κ2) is 4.20. The highest BCUT2D eigenvalue weighted by Gasteiger charge is 1.90. The zero-order valence-corrected chi connectivity index (χ0v) is 7.99. The number of alkyl halides is 1. The largest absolute Gasteiger partial charge is 0.798 e. The predicted octanol–water partition coefficient (Wildman–Crippen LogP) is 0.794. The van der Waals surface area contributed by atoms with Gasteiger partial charge in [-0.2, -0.15) is 0 Å². The molecule has 0 aromatic carbocycles. The van der Waals surface area contributed by atoms with Gasteiger partial charge in [-0.25, -0.2) is 0 Å². The third-order valence-corrected chi connectivity index (χ3v) is 2.14. The van der Waals surface area contributed by atoms with Crippen molar-refractivity contribution in [1.82, 2.24) is 5.09 Å². The topological polar surface area (TPSA) is 35.1 Å². The van der Waals surface area contributed by atoms with Crippen molar-refractivity contribution >= 4 is 44.7 Å². The summed E-state index contributed by atoms with van der Waals surface area (Å²) in [4.78, 5) is 10.4. The van der Waals surface area contributed by atoms with Crippen LogP contribution in [-0.4, -0.2) is 11.9 Å². The van der Waals surface area contributed by atoms with Crippen LogP contribution in [0.3, 0.4) is 0 Å². The van der Waals surface area contributed by atoms with Gasteiger partial charge in [0.25, 0.3) is 0 Å². The van der Waals surface area contributed by atoms with Crippen LogP contribution in [0.25, 0.3) is 0 Å². The summed E-state index contributed by atoms with van der Waals surface area (Å²) in [5.41, 5.74) is 0. The predicted molar refractivity (Wildman–Crippen MR) is 41.9 cm³/mol. The summed E-state index contributed by atoms with van der Waals surface area (Å²) in [6, 6.07) is 0. The van der Waals surface area contributed by atoms with E-state index in [0.717, 1.165) is 0 Å². The molecule has 0 saturated heterocycles. The minimum Gasteiger partial charge on any atom is -0.798 e. The first-order valence-electron chi connectivity index (χ1n) is 1.88. The lowest BCUT2D eigenvalue weighted by molar-refractivity contribution is -0.158. The SMILES string of the molecule is [O-]P(=S)(Cl)NCCBr. The van der Waals surface area contributed by atoms with Crippen LogP contribution in [0.4, 0.5) is 0 Å². The van der Waals surface area contributed by atoms with Gasteiger partial charge in [0.05, 0.1) is 0 Å². The Morgan fingerprint density at radius 2 is 2.38 bits per heavy atom. The van der Waals surface area contributed by atoms with Gasteiger partial charge in [-0.1, -0.05) is 39.0 Å². The first kappa shape index (κ1) is 9.34. The maximum Gasteiger partial charge on any atom is 0.0222 e. The Morgan fingerprint density at radius 3 is 2.50 bits per heavy atom. The number of nitrogens with one attached hydrogen (secondary N) is 1. The Kier molecular flexibility index (Phi) is 4.91. The molecule has 50 valence electrons. The van der Waals surface area contributed by atoms with Crippen molar-refractivity contribution in [1.29, 1.82) is 0 Å². The first-order valence-corrected chi connectivity index (χ1v) is 6.63. The van der Waals surface area contributed by atoms with Crippen molar-refractivity contribution in [3.05, 3.63) is 0 Å². The lowest BCUT2D eigenvalue weighted by atomic mass is 10.8. The molecular formula is C2H5BrClNOPS-. The number of hydrogen-bond acceptors (Lipinski definition) is 2. The number of rotatable bonds is 3. The van der Waals surface area contributed by atoms with Crippen molar-refractivity contribution in [2.45, 2.75) is 0 Å². The second-order valence-electron chi connectivity index (χ2n) is 1.08. The molecule has 8 heavy (non-hydrogen) atoms. The van der Waals surface area contributed by atoms with E-state index in [-0.39, 0.29) is 0 Å². The van der Waals surface area contributed by atoms with Gasteiger partial charge in [0.15, 0.2) is 0 Å². The smallest absolute Gasteiger partial charge is 0.0222 e. The summed E-state index contributed by atoms with van der Waals surface area (Å²) in [7, 11) is 0. The highest BCUT2D eigenvalue weighted by atomic mass is 79.9. The van der Waals surface area contributed by atoms with Gasteiger partial charge in [0, 0.05) is 17.6 Å². The molecule has 0 aliphatic carbocycles. The summed E-state index contributed by atoms with van der Waals surface area (Å²) >= 11 is 12.6. The van der Waals surface area contributed by atoms with Crippen LogP contribution in [0.1, 0.15) is 0 Å². The molecule has 0 aromatic rings. The summed E-state index contributed by atoms with van der Waals surface area (Å²) in [5, 5.41) is 3.17. The van der Waals surface area contributed by atoms with Gasteiger partial charge in [0.1, 0.15) is 0 Å². The second-order valence-corrected chi connectivity index (χ2v) is 6.72. The fourth-order valence-corrected chi connectivity index (χ4v) is 1.59. The molecule has 1 N–H and O–H groups in total. The fraction of sp³-hybridized carbons (Fsp3) is 1.00. The van der Waals surface area contributed by atoms with E-state index >= 15 is 0 Å². The summed E-state index contributed by atoms with van der Waals surface area (Å²) < 4.78 is 0. The van der Waals surface area contributed by atoms with Crippen molar-refractivity contribution in [2.24, 2.45) is 0 Å². The van der Waals surface area contributed by atoms with Crippen molar-refractivity contribution < 1.29 is 4.89 Å². The lowest BCUT2D eigenvalue weighted by Gasteiger charge is -2.19. The summed E-state index contributed by atoms with van der Waals surface area (Å²) in [5.74, 6) is -2.91. The van der Waals surface area contributed by atoms with Crippen molar-refractivity contribution in [3.63, 3.8) is 0 Å². The minimum absolute atomic E-state index is 0.546. The van der Waals surface area contributed by atoms with E-state index in [4.69, 9.17) is 11.2 Å². The van der Waals surface area contributed by atoms with Crippen molar-refractivity contribution in [3.8, 4) is 0 Å². The maximum absolute atomic E-state index is 10.4. The maximum atomic E-state index is 10.4. The minimum atomic E-state index is -2.91. The molecule has 1 unspecified atom stereocenters. The molecule has 6 heteroatoms. The standard InChI is InChI=1S/C2H6BrClNOPS/c3-1-2-5-7(4,6)8/h1-2H2,(H2,5,6,8)/p-1. The first-order chi connectivity index (χ1) is 3.56. The zero-order chi connectivity index (χ0) is 6.62. The van der Waals surface area contributed by atoms with Crippen molar-refractivity contribution in [2.75, 3.05) is 11.9 Å². The quantitative estimate of drug-likeness (QED) is 0.582. The van der Waals surface area contributed by atoms with Crippen LogP contribution in [0.15, 0.2) is 0 Å². The molecule has 0 spiro atoms. The van der Waals surface area contributed by atoms with E-state index in [1.165, 1.54) is 0 Å². The highest BCUT2D eigenvalue weighted by Crippen LogP contribution is 2.35. The van der Waals surface area contributed by atoms with Gasteiger partial charge in [0.2, 0.25) is 0 Å². The van der Waals surface area contributed by atoms with E-state index in [2.05, 4.69) is 32.8 Å². The third-order valence-electron chi connectivity index (χ3n) is 0.395. The monoisotopic (exact) mass is 236 g/mol. The Labute approximate surface area is 66.7 Å². The van der Waals surface area contributed by atoms with Crippen LogP contribution in [0.5, 0.6) is 0 Å². The van der Waals surface area contributed by atoms with Crippen LogP contribution < -0.4 is 9.98 Å². The molecule has 0 heterocycles. The lowest BCUT2D eigenvalue weighted by Crippen LogP contribution is -2.16. The van der Waals surface area contributed by atoms with Crippen LogP contribution in [0.2, 0.25) is 0 Å². The summed E-state index contributed by atoms with van der Waals surface area (Å²) in [6.07, 6.45) is 0. The van der Waals surface area contributed by atoms with E-state index in [0.29, 0.717) is 11.9 Å². The average Bonchev–Trinajstić information content (AvgIpc) is 1.59. The molecule has 0 aliphatic rings. The van der Waals surface area contributed by atoms with Gasteiger partial charge < -0.3 is 4.89 Å². The molecular weight excluding hydrogens is 232 g/mol. The Balaban J connectivity index is 3.26. The highest BCUT2D eigenvalue weighted by molar-refractivity contribution is 9.09. The van der Waals surface area contributed by atoms with Gasteiger partial charge >= 0.3 is 0 Å². The molecule has 2 nitrogen and oxygen atoms in total. The van der Waals surface area contributed by atoms with Gasteiger partial charge in [-0.05, 0) is 0 Å². The fourth-order valence-electron chi connectivity index (χ4n) is 0.176. The molecule has 0 rings (SSSR count). The molecule has 0 aromatic heterocycles. The molecule has 0 amide bonds. The Bertz CT molecular complexity index is 106. The van der Waals surface area contributed by atoms with Crippen LogP contribution in [0, 0.1) is 0 Å². The zero-order valence-electron chi connectivity index (χ0n) is 3.93. The molecule has 0 radical (unpaired) electrons. The van der Waals surface area contributed by atoms with Gasteiger partial charge in [-0.3, -0.25) is 5.09 Å². The van der Waals surface area contributed by atoms with Crippen LogP contribution in [-0.2, 0) is 11.8 Å². The van der Waals surface area contributed by atoms with Crippen LogP contribution >= 0.6 is 32.9 Å². The Morgan fingerprint density at radius 1 is 1.88 bits per heavy atom. The van der Waals surface area contributed by atoms with Gasteiger partial charge in [-0.15, -0.1) is 0 Å². The molecule has 0 fully saturated rings. The number of halogens is 2. The summed E-state index contributed by atoms with van der Waals surface area (Å²) in [6.45, 7) is 0.546. The molecule has 0 saturated carbocycles. The Hall–Kier alpha value is 1.34. The van der Waals surface area contributed by atoms with E-state index in [1.807, 2.05) is 0 Å². The average molecular weight is 237 g/mol. The normalized spacial score (nSPS) is 17.9. The van der Waals surface area contributed by atoms with E-state index in [9.17, 15) is 4.89 Å². The number of hydrogen-bond donors (Lipinski definition) is 1. The third kappa shape index (κ3) is 7.34. The molecule has 0 bridgehead atoms. The van der Waals surface area contributed by atoms with E-state index < -0.39 is 5.77 Å².